The predicted octanol–water partition coefficient (Wildman–Crippen LogP) is 3.66. The molecule has 0 fully saturated rings. The highest BCUT2D eigenvalue weighted by molar-refractivity contribution is 5.95. The fourth-order valence-corrected chi connectivity index (χ4v) is 3.18. The molecular formula is C19H26N2O3. The van der Waals surface area contributed by atoms with Crippen molar-refractivity contribution in [3.8, 4) is 0 Å². The lowest BCUT2D eigenvalue weighted by Gasteiger charge is -2.33. The lowest BCUT2D eigenvalue weighted by atomic mass is 9.82. The third-order valence-electron chi connectivity index (χ3n) is 3.53. The van der Waals surface area contributed by atoms with E-state index in [9.17, 15) is 9.59 Å². The second kappa shape index (κ2) is 6.67. The molecule has 24 heavy (non-hydrogen) atoms. The van der Waals surface area contributed by atoms with Gasteiger partial charge in [0.1, 0.15) is 5.69 Å². The molecule has 5 nitrogen and oxygen atoms in total. The molecule has 0 unspecified atom stereocenters. The van der Waals surface area contributed by atoms with E-state index >= 15 is 0 Å². The number of ether oxygens (including phenoxy) is 1. The summed E-state index contributed by atoms with van der Waals surface area (Å²) in [7, 11) is 0. The van der Waals surface area contributed by atoms with Gasteiger partial charge in [-0.3, -0.25) is 4.79 Å². The average Bonchev–Trinajstić information content (AvgIpc) is 2.85. The molecule has 0 bridgehead atoms. The first-order valence-corrected chi connectivity index (χ1v) is 8.12. The maximum absolute atomic E-state index is 12.1. The third-order valence-corrected chi connectivity index (χ3v) is 3.53. The highest BCUT2D eigenvalue weighted by Crippen LogP contribution is 2.26. The molecule has 0 radical (unpaired) electrons. The molecule has 1 amide bonds. The largest absolute Gasteiger partial charge is 0.451 e. The number of aromatic amines is 1. The second-order valence-corrected chi connectivity index (χ2v) is 8.02. The second-order valence-electron chi connectivity index (χ2n) is 8.02. The first kappa shape index (κ1) is 18.0. The van der Waals surface area contributed by atoms with Crippen LogP contribution in [0.1, 0.15) is 51.5 Å². The number of amides is 1. The Labute approximate surface area is 142 Å². The van der Waals surface area contributed by atoms with Gasteiger partial charge < -0.3 is 15.0 Å². The number of H-pyrrole nitrogens is 1. The Balaban J connectivity index is 1.90. The van der Waals surface area contributed by atoms with Crippen molar-refractivity contribution >= 4 is 22.8 Å². The minimum atomic E-state index is -0.532. The monoisotopic (exact) mass is 330 g/mol. The Kier molecular flexibility index (Phi) is 5.02. The summed E-state index contributed by atoms with van der Waals surface area (Å²) in [5.41, 5.74) is 0.943. The van der Waals surface area contributed by atoms with Crippen molar-refractivity contribution in [1.82, 2.24) is 10.3 Å². The van der Waals surface area contributed by atoms with Crippen LogP contribution in [0.5, 0.6) is 0 Å². The standard InChI is InChI=1S/C19H26N2O3/c1-18(2,3)12-19(4,5)21-16(22)11-24-17(23)15-10-13-8-6-7-9-14(13)20-15/h6-10,20H,11-12H2,1-5H3,(H,21,22). The van der Waals surface area contributed by atoms with E-state index in [0.717, 1.165) is 17.3 Å². The van der Waals surface area contributed by atoms with Crippen LogP contribution in [0, 0.1) is 5.41 Å². The zero-order valence-electron chi connectivity index (χ0n) is 15.0. The fourth-order valence-electron chi connectivity index (χ4n) is 3.18. The molecule has 0 saturated heterocycles. The molecule has 130 valence electrons. The highest BCUT2D eigenvalue weighted by Gasteiger charge is 2.27. The topological polar surface area (TPSA) is 71.2 Å². The van der Waals surface area contributed by atoms with Gasteiger partial charge in [0.15, 0.2) is 6.61 Å². The summed E-state index contributed by atoms with van der Waals surface area (Å²) in [6.07, 6.45) is 0.821. The zero-order chi connectivity index (χ0) is 18.0. The summed E-state index contributed by atoms with van der Waals surface area (Å²) >= 11 is 0. The van der Waals surface area contributed by atoms with Crippen LogP contribution in [0.4, 0.5) is 0 Å². The van der Waals surface area contributed by atoms with Crippen molar-refractivity contribution < 1.29 is 14.3 Å². The highest BCUT2D eigenvalue weighted by atomic mass is 16.5. The van der Waals surface area contributed by atoms with Crippen LogP contribution in [-0.4, -0.2) is 29.0 Å². The summed E-state index contributed by atoms with van der Waals surface area (Å²) in [6, 6.07) is 9.30. The van der Waals surface area contributed by atoms with Gasteiger partial charge in [0.05, 0.1) is 0 Å². The molecule has 0 aliphatic carbocycles. The van der Waals surface area contributed by atoms with E-state index in [0.29, 0.717) is 5.69 Å². The van der Waals surface area contributed by atoms with Crippen molar-refractivity contribution in [3.63, 3.8) is 0 Å². The van der Waals surface area contributed by atoms with Gasteiger partial charge in [0.25, 0.3) is 5.91 Å². The van der Waals surface area contributed by atoms with Gasteiger partial charge in [0, 0.05) is 16.4 Å². The number of hydrogen-bond donors (Lipinski definition) is 2. The summed E-state index contributed by atoms with van der Waals surface area (Å²) in [4.78, 5) is 27.1. The van der Waals surface area contributed by atoms with Crippen LogP contribution in [0.2, 0.25) is 0 Å². The van der Waals surface area contributed by atoms with Gasteiger partial charge in [0.2, 0.25) is 0 Å². The van der Waals surface area contributed by atoms with Gasteiger partial charge in [-0.1, -0.05) is 39.0 Å². The number of nitrogens with one attached hydrogen (secondary N) is 2. The van der Waals surface area contributed by atoms with E-state index in [4.69, 9.17) is 4.74 Å². The molecule has 0 atom stereocenters. The number of carbonyl (C=O) groups is 2. The van der Waals surface area contributed by atoms with E-state index in [1.165, 1.54) is 0 Å². The number of fused-ring (bicyclic) bond motifs is 1. The number of hydrogen-bond acceptors (Lipinski definition) is 3. The normalized spacial score (nSPS) is 12.2. The number of aromatic nitrogens is 1. The third kappa shape index (κ3) is 5.11. The molecule has 0 spiro atoms. The van der Waals surface area contributed by atoms with Gasteiger partial charge in [-0.15, -0.1) is 0 Å². The van der Waals surface area contributed by atoms with Crippen LogP contribution in [-0.2, 0) is 9.53 Å². The lowest BCUT2D eigenvalue weighted by Crippen LogP contribution is -2.47. The van der Waals surface area contributed by atoms with Gasteiger partial charge >= 0.3 is 5.97 Å². The molecular weight excluding hydrogens is 304 g/mol. The Morgan fingerprint density at radius 1 is 1.12 bits per heavy atom. The van der Waals surface area contributed by atoms with Crippen LogP contribution < -0.4 is 5.32 Å². The van der Waals surface area contributed by atoms with Crippen LogP contribution in [0.25, 0.3) is 10.9 Å². The molecule has 2 N–H and O–H groups in total. The quantitative estimate of drug-likeness (QED) is 0.822. The molecule has 5 heteroatoms. The van der Waals surface area contributed by atoms with Gasteiger partial charge in [-0.05, 0) is 37.8 Å². The summed E-state index contributed by atoms with van der Waals surface area (Å²) in [5.74, 6) is -0.830. The molecule has 2 rings (SSSR count). The predicted molar refractivity (Wildman–Crippen MR) is 94.9 cm³/mol. The number of esters is 1. The molecule has 1 heterocycles. The fraction of sp³-hybridized carbons (Fsp3) is 0.474. The van der Waals surface area contributed by atoms with E-state index < -0.39 is 5.97 Å². The van der Waals surface area contributed by atoms with E-state index in [1.54, 1.807) is 6.07 Å². The number of benzene rings is 1. The van der Waals surface area contributed by atoms with Gasteiger partial charge in [-0.25, -0.2) is 4.79 Å². The molecule has 1 aromatic heterocycles. The number of para-hydroxylation sites is 1. The van der Waals surface area contributed by atoms with E-state index in [1.807, 2.05) is 38.1 Å². The van der Waals surface area contributed by atoms with Crippen LogP contribution in [0.3, 0.4) is 0 Å². The summed E-state index contributed by atoms with van der Waals surface area (Å²) in [6.45, 7) is 10.0. The first-order valence-electron chi connectivity index (χ1n) is 8.12. The number of rotatable bonds is 5. The smallest absolute Gasteiger partial charge is 0.355 e. The van der Waals surface area contributed by atoms with Crippen LogP contribution in [0.15, 0.2) is 30.3 Å². The molecule has 1 aromatic carbocycles. The van der Waals surface area contributed by atoms with E-state index in [2.05, 4.69) is 31.1 Å². The Morgan fingerprint density at radius 3 is 2.42 bits per heavy atom. The SMILES string of the molecule is CC(C)(C)CC(C)(C)NC(=O)COC(=O)c1cc2ccccc2[nH]1. The lowest BCUT2D eigenvalue weighted by molar-refractivity contribution is -0.126. The van der Waals surface area contributed by atoms with Gasteiger partial charge in [-0.2, -0.15) is 0 Å². The molecule has 0 saturated carbocycles. The van der Waals surface area contributed by atoms with Crippen LogP contribution >= 0.6 is 0 Å². The van der Waals surface area contributed by atoms with Crippen molar-refractivity contribution in [2.24, 2.45) is 5.41 Å². The Morgan fingerprint density at radius 2 is 1.79 bits per heavy atom. The maximum Gasteiger partial charge on any atom is 0.355 e. The van der Waals surface area contributed by atoms with E-state index in [-0.39, 0.29) is 23.5 Å². The maximum atomic E-state index is 12.1. The zero-order valence-corrected chi connectivity index (χ0v) is 15.0. The van der Waals surface area contributed by atoms with Crippen molar-refractivity contribution in [3.05, 3.63) is 36.0 Å². The summed E-state index contributed by atoms with van der Waals surface area (Å²) < 4.78 is 5.11. The molecule has 0 aliphatic heterocycles. The Hall–Kier alpha value is -2.30. The molecule has 0 aliphatic rings. The average molecular weight is 330 g/mol. The molecule has 2 aromatic rings. The Bertz CT molecular complexity index is 705. The summed E-state index contributed by atoms with van der Waals surface area (Å²) in [5, 5.41) is 3.85. The number of carbonyl (C=O) groups excluding carboxylic acids is 2. The van der Waals surface area contributed by atoms with Crippen molar-refractivity contribution in [2.75, 3.05) is 6.61 Å². The van der Waals surface area contributed by atoms with Crippen molar-refractivity contribution in [1.29, 1.82) is 0 Å². The van der Waals surface area contributed by atoms with Crippen molar-refractivity contribution in [2.45, 2.75) is 46.6 Å². The minimum Gasteiger partial charge on any atom is -0.451 e. The minimum absolute atomic E-state index is 0.0951. The first-order chi connectivity index (χ1) is 11.1.